The number of aryl methyl sites for hydroxylation is 1. The number of nitriles is 1. The second-order valence-electron chi connectivity index (χ2n) is 6.53. The van der Waals surface area contributed by atoms with Crippen LogP contribution in [0.25, 0.3) is 0 Å². The van der Waals surface area contributed by atoms with Crippen LogP contribution in [0, 0.1) is 18.3 Å². The number of benzene rings is 2. The highest BCUT2D eigenvalue weighted by atomic mass is 16.5. The molecule has 2 aromatic rings. The van der Waals surface area contributed by atoms with Gasteiger partial charge in [0, 0.05) is 19.6 Å². The molecule has 0 saturated carbocycles. The molecule has 0 aliphatic carbocycles. The first-order valence-electron chi connectivity index (χ1n) is 8.59. The van der Waals surface area contributed by atoms with E-state index in [9.17, 15) is 4.79 Å². The molecule has 0 heterocycles. The topological polar surface area (TPSA) is 56.6 Å². The fourth-order valence-corrected chi connectivity index (χ4v) is 2.39. The summed E-state index contributed by atoms with van der Waals surface area (Å²) >= 11 is 0. The van der Waals surface area contributed by atoms with E-state index in [0.717, 1.165) is 17.7 Å². The first-order chi connectivity index (χ1) is 12.5. The number of carbonyl (C=O) groups is 1. The van der Waals surface area contributed by atoms with E-state index in [2.05, 4.69) is 6.07 Å². The lowest BCUT2D eigenvalue weighted by Crippen LogP contribution is -2.38. The molecule has 5 nitrogen and oxygen atoms in total. The Balaban J connectivity index is 2.00. The molecule has 0 aromatic heterocycles. The van der Waals surface area contributed by atoms with Crippen LogP contribution < -0.4 is 4.74 Å². The van der Waals surface area contributed by atoms with E-state index in [1.54, 1.807) is 17.0 Å². The van der Waals surface area contributed by atoms with Crippen LogP contribution in [0.4, 0.5) is 0 Å². The number of hydrogen-bond donors (Lipinski definition) is 0. The Morgan fingerprint density at radius 3 is 2.27 bits per heavy atom. The average Bonchev–Trinajstić information content (AvgIpc) is 2.64. The largest absolute Gasteiger partial charge is 0.484 e. The Morgan fingerprint density at radius 2 is 1.69 bits per heavy atom. The zero-order valence-electron chi connectivity index (χ0n) is 15.6. The molecule has 0 atom stereocenters. The highest BCUT2D eigenvalue weighted by molar-refractivity contribution is 5.77. The van der Waals surface area contributed by atoms with Gasteiger partial charge in [-0.15, -0.1) is 0 Å². The molecule has 2 rings (SSSR count). The van der Waals surface area contributed by atoms with Crippen molar-refractivity contribution >= 4 is 5.91 Å². The van der Waals surface area contributed by atoms with Crippen molar-refractivity contribution in [1.82, 2.24) is 9.80 Å². The van der Waals surface area contributed by atoms with E-state index in [1.807, 2.05) is 62.3 Å². The third-order valence-electron chi connectivity index (χ3n) is 4.01. The van der Waals surface area contributed by atoms with Crippen molar-refractivity contribution in [1.29, 1.82) is 5.26 Å². The van der Waals surface area contributed by atoms with Gasteiger partial charge in [-0.2, -0.15) is 5.26 Å². The monoisotopic (exact) mass is 351 g/mol. The van der Waals surface area contributed by atoms with Gasteiger partial charge in [-0.05, 0) is 50.8 Å². The molecule has 0 unspecified atom stereocenters. The smallest absolute Gasteiger partial charge is 0.260 e. The maximum atomic E-state index is 12.7. The van der Waals surface area contributed by atoms with E-state index < -0.39 is 0 Å². The fourth-order valence-electron chi connectivity index (χ4n) is 2.39. The van der Waals surface area contributed by atoms with Crippen LogP contribution in [0.15, 0.2) is 48.5 Å². The standard InChI is InChI=1S/C21H25N3O2/c1-17-4-10-20(11-5-17)26-16-21(25)24(13-12-23(2)3)15-19-8-6-18(14-22)7-9-19/h4-11H,12-13,15-16H2,1-3H3. The number of carbonyl (C=O) groups excluding carboxylic acids is 1. The first kappa shape index (κ1) is 19.5. The Hall–Kier alpha value is -2.84. The first-order valence-corrected chi connectivity index (χ1v) is 8.59. The summed E-state index contributed by atoms with van der Waals surface area (Å²) in [7, 11) is 3.96. The van der Waals surface area contributed by atoms with Crippen molar-refractivity contribution in [3.8, 4) is 11.8 Å². The molecule has 1 amide bonds. The van der Waals surface area contributed by atoms with Gasteiger partial charge in [0.2, 0.25) is 0 Å². The number of hydrogen-bond acceptors (Lipinski definition) is 4. The second-order valence-corrected chi connectivity index (χ2v) is 6.53. The maximum absolute atomic E-state index is 12.7. The van der Waals surface area contributed by atoms with Crippen LogP contribution in [0.2, 0.25) is 0 Å². The van der Waals surface area contributed by atoms with Crippen molar-refractivity contribution in [3.05, 3.63) is 65.2 Å². The Bertz CT molecular complexity index is 746. The van der Waals surface area contributed by atoms with Crippen LogP contribution >= 0.6 is 0 Å². The number of amides is 1. The minimum atomic E-state index is -0.0585. The normalized spacial score (nSPS) is 10.4. The van der Waals surface area contributed by atoms with E-state index in [-0.39, 0.29) is 12.5 Å². The Kier molecular flexibility index (Phi) is 7.19. The zero-order valence-corrected chi connectivity index (χ0v) is 15.6. The van der Waals surface area contributed by atoms with Crippen LogP contribution in [-0.4, -0.2) is 49.5 Å². The van der Waals surface area contributed by atoms with E-state index >= 15 is 0 Å². The van der Waals surface area contributed by atoms with Crippen molar-refractivity contribution in [3.63, 3.8) is 0 Å². The van der Waals surface area contributed by atoms with Gasteiger partial charge in [-0.25, -0.2) is 0 Å². The zero-order chi connectivity index (χ0) is 18.9. The molecule has 0 spiro atoms. The molecule has 2 aromatic carbocycles. The van der Waals surface area contributed by atoms with Gasteiger partial charge in [0.25, 0.3) is 5.91 Å². The van der Waals surface area contributed by atoms with Gasteiger partial charge in [-0.3, -0.25) is 4.79 Å². The molecule has 0 fully saturated rings. The molecular formula is C21H25N3O2. The molecule has 5 heteroatoms. The van der Waals surface area contributed by atoms with Gasteiger partial charge < -0.3 is 14.5 Å². The lowest BCUT2D eigenvalue weighted by molar-refractivity contribution is -0.134. The summed E-state index contributed by atoms with van der Waals surface area (Å²) in [6.07, 6.45) is 0. The summed E-state index contributed by atoms with van der Waals surface area (Å²) < 4.78 is 5.64. The molecule has 0 N–H and O–H groups in total. The predicted octanol–water partition coefficient (Wildman–Crippen LogP) is 2.84. The molecule has 0 bridgehead atoms. The summed E-state index contributed by atoms with van der Waals surface area (Å²) in [6, 6.07) is 17.1. The van der Waals surface area contributed by atoms with Gasteiger partial charge >= 0.3 is 0 Å². The van der Waals surface area contributed by atoms with Gasteiger partial charge in [0.15, 0.2) is 6.61 Å². The summed E-state index contributed by atoms with van der Waals surface area (Å²) in [5.74, 6) is 0.631. The van der Waals surface area contributed by atoms with Crippen LogP contribution in [0.3, 0.4) is 0 Å². The summed E-state index contributed by atoms with van der Waals surface area (Å²) in [4.78, 5) is 16.5. The van der Waals surface area contributed by atoms with Crippen molar-refractivity contribution in [2.45, 2.75) is 13.5 Å². The van der Waals surface area contributed by atoms with Gasteiger partial charge in [0.1, 0.15) is 5.75 Å². The SMILES string of the molecule is Cc1ccc(OCC(=O)N(CCN(C)C)Cc2ccc(C#N)cc2)cc1. The summed E-state index contributed by atoms with van der Waals surface area (Å²) in [6.45, 7) is 3.90. The van der Waals surface area contributed by atoms with Gasteiger partial charge in [-0.1, -0.05) is 29.8 Å². The predicted molar refractivity (Wildman–Crippen MR) is 102 cm³/mol. The third-order valence-corrected chi connectivity index (χ3v) is 4.01. The van der Waals surface area contributed by atoms with Crippen molar-refractivity contribution in [2.24, 2.45) is 0 Å². The van der Waals surface area contributed by atoms with Gasteiger partial charge in [0.05, 0.1) is 11.6 Å². The lowest BCUT2D eigenvalue weighted by Gasteiger charge is -2.24. The van der Waals surface area contributed by atoms with Crippen LogP contribution in [0.5, 0.6) is 5.75 Å². The number of ether oxygens (including phenoxy) is 1. The average molecular weight is 351 g/mol. The maximum Gasteiger partial charge on any atom is 0.260 e. The van der Waals surface area contributed by atoms with Crippen LogP contribution in [0.1, 0.15) is 16.7 Å². The number of rotatable bonds is 8. The highest BCUT2D eigenvalue weighted by Crippen LogP contribution is 2.12. The molecule has 0 radical (unpaired) electrons. The quantitative estimate of drug-likeness (QED) is 0.734. The molecule has 26 heavy (non-hydrogen) atoms. The van der Waals surface area contributed by atoms with E-state index in [0.29, 0.717) is 24.4 Å². The van der Waals surface area contributed by atoms with Crippen molar-refractivity contribution < 1.29 is 9.53 Å². The van der Waals surface area contributed by atoms with E-state index in [1.165, 1.54) is 0 Å². The summed E-state index contributed by atoms with van der Waals surface area (Å²) in [5, 5.41) is 8.90. The minimum Gasteiger partial charge on any atom is -0.484 e. The molecule has 0 saturated heterocycles. The highest BCUT2D eigenvalue weighted by Gasteiger charge is 2.15. The second kappa shape index (κ2) is 9.59. The minimum absolute atomic E-state index is 0.00671. The molecule has 136 valence electrons. The van der Waals surface area contributed by atoms with Crippen molar-refractivity contribution in [2.75, 3.05) is 33.8 Å². The lowest BCUT2D eigenvalue weighted by atomic mass is 10.1. The number of nitrogens with zero attached hydrogens (tertiary/aromatic N) is 3. The third kappa shape index (κ3) is 6.23. The summed E-state index contributed by atoms with van der Waals surface area (Å²) in [5.41, 5.74) is 2.76. The Labute approximate surface area is 155 Å². The molecule has 0 aliphatic rings. The molecule has 0 aliphatic heterocycles. The number of likely N-dealkylation sites (N-methyl/N-ethyl adjacent to an activating group) is 1. The van der Waals surface area contributed by atoms with E-state index in [4.69, 9.17) is 10.00 Å². The molecular weight excluding hydrogens is 326 g/mol. The van der Waals surface area contributed by atoms with Crippen LogP contribution in [-0.2, 0) is 11.3 Å². The Morgan fingerprint density at radius 1 is 1.04 bits per heavy atom. The fraction of sp³-hybridized carbons (Fsp3) is 0.333.